The number of ether oxygens (including phenoxy) is 2. The quantitative estimate of drug-likeness (QED) is 0.422. The van der Waals surface area contributed by atoms with Crippen LogP contribution in [-0.4, -0.2) is 51.6 Å². The van der Waals surface area contributed by atoms with Gasteiger partial charge in [-0.05, 0) is 38.5 Å². The van der Waals surface area contributed by atoms with Crippen molar-refractivity contribution in [3.05, 3.63) is 63.6 Å². The van der Waals surface area contributed by atoms with Crippen molar-refractivity contribution in [1.29, 1.82) is 0 Å². The SMILES string of the molecule is CCCOc1ccc(C(=O)NC(Cc2cnc[nH]2)C(=O)OC)cc1-c1nc(C)c(C)c(=O)[nH]1. The molecule has 174 valence electrons. The van der Waals surface area contributed by atoms with Gasteiger partial charge in [-0.2, -0.15) is 0 Å². The fraction of sp³-hybridized carbons (Fsp3) is 0.348. The van der Waals surface area contributed by atoms with Gasteiger partial charge in [0.2, 0.25) is 0 Å². The molecule has 1 aromatic carbocycles. The molecule has 3 aromatic rings. The summed E-state index contributed by atoms with van der Waals surface area (Å²) in [4.78, 5) is 51.6. The summed E-state index contributed by atoms with van der Waals surface area (Å²) in [5.41, 5.74) is 2.25. The summed E-state index contributed by atoms with van der Waals surface area (Å²) in [6.45, 7) is 5.87. The summed E-state index contributed by atoms with van der Waals surface area (Å²) in [6.07, 6.45) is 4.04. The van der Waals surface area contributed by atoms with Gasteiger partial charge in [-0.15, -0.1) is 0 Å². The van der Waals surface area contributed by atoms with Crippen LogP contribution in [0.3, 0.4) is 0 Å². The largest absolute Gasteiger partial charge is 0.493 e. The minimum absolute atomic E-state index is 0.189. The molecule has 0 fully saturated rings. The minimum Gasteiger partial charge on any atom is -0.493 e. The number of hydrogen-bond acceptors (Lipinski definition) is 7. The van der Waals surface area contributed by atoms with Crippen molar-refractivity contribution in [1.82, 2.24) is 25.3 Å². The van der Waals surface area contributed by atoms with Crippen molar-refractivity contribution in [2.24, 2.45) is 0 Å². The highest BCUT2D eigenvalue weighted by Crippen LogP contribution is 2.29. The van der Waals surface area contributed by atoms with Crippen LogP contribution in [0.15, 0.2) is 35.5 Å². The number of aromatic nitrogens is 4. The number of aromatic amines is 2. The Morgan fingerprint density at radius 3 is 2.67 bits per heavy atom. The number of rotatable bonds is 9. The maximum atomic E-state index is 13.0. The molecule has 10 nitrogen and oxygen atoms in total. The molecule has 0 bridgehead atoms. The van der Waals surface area contributed by atoms with E-state index in [4.69, 9.17) is 9.47 Å². The summed E-state index contributed by atoms with van der Waals surface area (Å²) in [5.74, 6) is -0.284. The van der Waals surface area contributed by atoms with E-state index in [1.165, 1.54) is 13.4 Å². The van der Waals surface area contributed by atoms with E-state index in [2.05, 4.69) is 25.3 Å². The molecular formula is C23H27N5O5. The number of H-pyrrole nitrogens is 2. The van der Waals surface area contributed by atoms with Gasteiger partial charge in [0, 0.05) is 35.1 Å². The first-order valence-corrected chi connectivity index (χ1v) is 10.5. The van der Waals surface area contributed by atoms with Crippen molar-refractivity contribution in [3.63, 3.8) is 0 Å². The van der Waals surface area contributed by atoms with Crippen molar-refractivity contribution < 1.29 is 19.1 Å². The van der Waals surface area contributed by atoms with Gasteiger partial charge in [0.15, 0.2) is 0 Å². The highest BCUT2D eigenvalue weighted by atomic mass is 16.5. The van der Waals surface area contributed by atoms with Crippen molar-refractivity contribution in [3.8, 4) is 17.1 Å². The van der Waals surface area contributed by atoms with Gasteiger partial charge in [0.25, 0.3) is 11.5 Å². The van der Waals surface area contributed by atoms with Crippen LogP contribution in [0.25, 0.3) is 11.4 Å². The first kappa shape index (κ1) is 23.7. The molecule has 10 heteroatoms. The van der Waals surface area contributed by atoms with Crippen molar-refractivity contribution in [2.75, 3.05) is 13.7 Å². The highest BCUT2D eigenvalue weighted by molar-refractivity contribution is 5.98. The van der Waals surface area contributed by atoms with E-state index in [0.717, 1.165) is 6.42 Å². The van der Waals surface area contributed by atoms with Gasteiger partial charge in [-0.1, -0.05) is 6.92 Å². The fourth-order valence-corrected chi connectivity index (χ4v) is 3.16. The minimum atomic E-state index is -0.915. The lowest BCUT2D eigenvalue weighted by atomic mass is 10.1. The number of carbonyl (C=O) groups is 2. The van der Waals surface area contributed by atoms with Gasteiger partial charge in [0.05, 0.1) is 25.6 Å². The first-order valence-electron chi connectivity index (χ1n) is 10.5. The second-order valence-corrected chi connectivity index (χ2v) is 7.51. The number of imidazole rings is 1. The molecule has 0 aliphatic carbocycles. The molecule has 0 radical (unpaired) electrons. The van der Waals surface area contributed by atoms with E-state index in [0.29, 0.717) is 40.7 Å². The Kier molecular flexibility index (Phi) is 7.60. The van der Waals surface area contributed by atoms with Crippen molar-refractivity contribution in [2.45, 2.75) is 39.7 Å². The Hall–Kier alpha value is -3.95. The molecule has 2 heterocycles. The lowest BCUT2D eigenvalue weighted by molar-refractivity contribution is -0.142. The molecule has 0 saturated heterocycles. The number of esters is 1. The molecule has 3 rings (SSSR count). The molecule has 3 N–H and O–H groups in total. The molecule has 1 unspecified atom stereocenters. The van der Waals surface area contributed by atoms with Gasteiger partial charge in [-0.3, -0.25) is 9.59 Å². The Morgan fingerprint density at radius 2 is 2.03 bits per heavy atom. The van der Waals surface area contributed by atoms with Crippen LogP contribution in [0.5, 0.6) is 5.75 Å². The summed E-state index contributed by atoms with van der Waals surface area (Å²) >= 11 is 0. The molecule has 1 atom stereocenters. The van der Waals surface area contributed by atoms with Crippen LogP contribution in [-0.2, 0) is 16.0 Å². The zero-order valence-corrected chi connectivity index (χ0v) is 19.0. The lowest BCUT2D eigenvalue weighted by Gasteiger charge is -2.17. The van der Waals surface area contributed by atoms with E-state index in [1.807, 2.05) is 6.92 Å². The zero-order chi connectivity index (χ0) is 24.0. The third-order valence-corrected chi connectivity index (χ3v) is 5.12. The molecule has 2 aromatic heterocycles. The number of benzene rings is 1. The van der Waals surface area contributed by atoms with Gasteiger partial charge in [0.1, 0.15) is 17.6 Å². The highest BCUT2D eigenvalue weighted by Gasteiger charge is 2.24. The summed E-state index contributed by atoms with van der Waals surface area (Å²) in [6, 6.07) is 3.91. The van der Waals surface area contributed by atoms with E-state index >= 15 is 0 Å². The number of hydrogen-bond donors (Lipinski definition) is 3. The van der Waals surface area contributed by atoms with Crippen LogP contribution in [0.1, 0.15) is 40.7 Å². The molecule has 1 amide bonds. The number of methoxy groups -OCH3 is 1. The third kappa shape index (κ3) is 5.65. The average Bonchev–Trinajstić information content (AvgIpc) is 3.33. The predicted octanol–water partition coefficient (Wildman–Crippen LogP) is 2.08. The Bertz CT molecular complexity index is 1190. The molecule has 33 heavy (non-hydrogen) atoms. The Labute approximate surface area is 190 Å². The topological polar surface area (TPSA) is 139 Å². The van der Waals surface area contributed by atoms with E-state index < -0.39 is 17.9 Å². The Balaban J connectivity index is 1.95. The maximum absolute atomic E-state index is 13.0. The standard InChI is InChI=1S/C23H27N5O5/c1-5-8-33-19-7-6-15(9-17(19)20-26-14(3)13(2)21(29)28-20)22(30)27-18(23(31)32-4)10-16-11-24-12-25-16/h6-7,9,11-12,18H,5,8,10H2,1-4H3,(H,24,25)(H,27,30)(H,26,28,29). The Morgan fingerprint density at radius 1 is 1.24 bits per heavy atom. The molecular weight excluding hydrogens is 426 g/mol. The normalized spacial score (nSPS) is 11.6. The predicted molar refractivity (Wildman–Crippen MR) is 121 cm³/mol. The maximum Gasteiger partial charge on any atom is 0.328 e. The van der Waals surface area contributed by atoms with Gasteiger partial charge in [-0.25, -0.2) is 14.8 Å². The zero-order valence-electron chi connectivity index (χ0n) is 19.0. The third-order valence-electron chi connectivity index (χ3n) is 5.12. The number of aryl methyl sites for hydroxylation is 1. The summed E-state index contributed by atoms with van der Waals surface area (Å²) in [5, 5.41) is 2.70. The van der Waals surface area contributed by atoms with E-state index in [-0.39, 0.29) is 17.5 Å². The average molecular weight is 453 g/mol. The molecule has 0 saturated carbocycles. The smallest absolute Gasteiger partial charge is 0.328 e. The van der Waals surface area contributed by atoms with E-state index in [9.17, 15) is 14.4 Å². The second kappa shape index (κ2) is 10.6. The van der Waals surface area contributed by atoms with Crippen LogP contribution >= 0.6 is 0 Å². The van der Waals surface area contributed by atoms with Crippen LogP contribution in [0.2, 0.25) is 0 Å². The number of nitrogens with zero attached hydrogens (tertiary/aromatic N) is 2. The summed E-state index contributed by atoms with van der Waals surface area (Å²) < 4.78 is 10.6. The van der Waals surface area contributed by atoms with Crippen molar-refractivity contribution >= 4 is 11.9 Å². The lowest BCUT2D eigenvalue weighted by Crippen LogP contribution is -2.43. The van der Waals surface area contributed by atoms with Crippen LogP contribution in [0, 0.1) is 13.8 Å². The van der Waals surface area contributed by atoms with E-state index in [1.54, 1.807) is 38.2 Å². The molecule has 0 aliphatic heterocycles. The summed E-state index contributed by atoms with van der Waals surface area (Å²) in [7, 11) is 1.26. The molecule has 0 spiro atoms. The van der Waals surface area contributed by atoms with Gasteiger partial charge >= 0.3 is 5.97 Å². The number of nitrogens with one attached hydrogen (secondary N) is 3. The number of carbonyl (C=O) groups excluding carboxylic acids is 2. The second-order valence-electron chi connectivity index (χ2n) is 7.51. The molecule has 0 aliphatic rings. The van der Waals surface area contributed by atoms with Crippen LogP contribution in [0.4, 0.5) is 0 Å². The van der Waals surface area contributed by atoms with Gasteiger partial charge < -0.3 is 24.8 Å². The van der Waals surface area contributed by atoms with Crippen LogP contribution < -0.4 is 15.6 Å². The number of amides is 1. The first-order chi connectivity index (χ1) is 15.8. The monoisotopic (exact) mass is 453 g/mol. The fourth-order valence-electron chi connectivity index (χ4n) is 3.16.